The molecule has 0 aliphatic carbocycles. The van der Waals surface area contributed by atoms with Crippen LogP contribution in [0.15, 0.2) is 54.6 Å². The van der Waals surface area contributed by atoms with E-state index in [2.05, 4.69) is 17.4 Å². The first-order chi connectivity index (χ1) is 10.8. The Morgan fingerprint density at radius 3 is 2.45 bits per heavy atom. The number of aryl methyl sites for hydroxylation is 1. The molecule has 0 atom stereocenters. The number of hydrogen-bond acceptors (Lipinski definition) is 3. The first kappa shape index (κ1) is 15.8. The molecule has 0 aromatic heterocycles. The van der Waals surface area contributed by atoms with Crippen LogP contribution in [0.4, 0.5) is 0 Å². The summed E-state index contributed by atoms with van der Waals surface area (Å²) in [6.45, 7) is 0.604. The number of carbonyl (C=O) groups is 2. The van der Waals surface area contributed by atoms with E-state index in [4.69, 9.17) is 4.74 Å². The molecular weight excluding hydrogens is 278 g/mol. The van der Waals surface area contributed by atoms with Crippen molar-refractivity contribution in [2.24, 2.45) is 0 Å². The van der Waals surface area contributed by atoms with E-state index in [0.717, 1.165) is 19.1 Å². The van der Waals surface area contributed by atoms with Gasteiger partial charge in [0.2, 0.25) is 0 Å². The third-order valence-electron chi connectivity index (χ3n) is 3.19. The molecule has 4 nitrogen and oxygen atoms in total. The molecule has 0 spiro atoms. The highest BCUT2D eigenvalue weighted by Gasteiger charge is 2.02. The van der Waals surface area contributed by atoms with Gasteiger partial charge in [0.15, 0.2) is 6.61 Å². The van der Waals surface area contributed by atoms with Crippen molar-refractivity contribution in [3.63, 3.8) is 0 Å². The fraction of sp³-hybridized carbons (Fsp3) is 0.222. The molecular formula is C18H19NO3. The first-order valence-corrected chi connectivity index (χ1v) is 7.26. The van der Waals surface area contributed by atoms with Crippen LogP contribution in [0.1, 0.15) is 22.3 Å². The van der Waals surface area contributed by atoms with Crippen molar-refractivity contribution >= 4 is 12.2 Å². The van der Waals surface area contributed by atoms with E-state index < -0.39 is 0 Å². The zero-order valence-corrected chi connectivity index (χ0v) is 12.3. The molecule has 0 saturated carbocycles. The van der Waals surface area contributed by atoms with E-state index in [1.807, 2.05) is 18.2 Å². The van der Waals surface area contributed by atoms with Crippen LogP contribution in [0.2, 0.25) is 0 Å². The molecule has 0 aliphatic rings. The molecule has 2 aromatic carbocycles. The second kappa shape index (κ2) is 8.62. The van der Waals surface area contributed by atoms with Crippen LogP contribution in [-0.4, -0.2) is 25.3 Å². The molecule has 0 aliphatic heterocycles. The van der Waals surface area contributed by atoms with Crippen molar-refractivity contribution in [2.75, 3.05) is 13.2 Å². The Morgan fingerprint density at radius 2 is 1.77 bits per heavy atom. The van der Waals surface area contributed by atoms with Crippen LogP contribution in [0.5, 0.6) is 5.75 Å². The minimum absolute atomic E-state index is 0.0221. The number of aldehydes is 1. The summed E-state index contributed by atoms with van der Waals surface area (Å²) in [7, 11) is 0. The summed E-state index contributed by atoms with van der Waals surface area (Å²) in [4.78, 5) is 22.2. The van der Waals surface area contributed by atoms with E-state index in [1.54, 1.807) is 24.3 Å². The van der Waals surface area contributed by atoms with Gasteiger partial charge >= 0.3 is 0 Å². The van der Waals surface area contributed by atoms with Crippen molar-refractivity contribution in [2.45, 2.75) is 12.8 Å². The summed E-state index contributed by atoms with van der Waals surface area (Å²) in [5, 5.41) is 2.83. The predicted octanol–water partition coefficient (Wildman–Crippen LogP) is 2.63. The van der Waals surface area contributed by atoms with Gasteiger partial charge in [0.1, 0.15) is 12.0 Å². The van der Waals surface area contributed by atoms with E-state index in [1.165, 1.54) is 5.56 Å². The number of amides is 1. The van der Waals surface area contributed by atoms with Gasteiger partial charge in [0.05, 0.1) is 0 Å². The van der Waals surface area contributed by atoms with Crippen LogP contribution in [0.25, 0.3) is 0 Å². The quantitative estimate of drug-likeness (QED) is 0.602. The molecule has 22 heavy (non-hydrogen) atoms. The number of ether oxygens (including phenoxy) is 1. The summed E-state index contributed by atoms with van der Waals surface area (Å²) in [5.74, 6) is 0.428. The number of carbonyl (C=O) groups excluding carboxylic acids is 2. The summed E-state index contributed by atoms with van der Waals surface area (Å²) in [6.07, 6.45) is 2.60. The monoisotopic (exact) mass is 297 g/mol. The second-order valence-electron chi connectivity index (χ2n) is 4.91. The average Bonchev–Trinajstić information content (AvgIpc) is 2.58. The van der Waals surface area contributed by atoms with Crippen LogP contribution in [-0.2, 0) is 11.2 Å². The van der Waals surface area contributed by atoms with Gasteiger partial charge in [0, 0.05) is 12.1 Å². The minimum atomic E-state index is -0.146. The lowest BCUT2D eigenvalue weighted by molar-refractivity contribution is -0.123. The summed E-state index contributed by atoms with van der Waals surface area (Å²) in [5.41, 5.74) is 1.85. The fourth-order valence-electron chi connectivity index (χ4n) is 2.01. The van der Waals surface area contributed by atoms with Crippen LogP contribution >= 0.6 is 0 Å². The molecule has 4 heteroatoms. The highest BCUT2D eigenvalue weighted by Crippen LogP contribution is 2.10. The Morgan fingerprint density at radius 1 is 1.05 bits per heavy atom. The molecule has 0 saturated heterocycles. The van der Waals surface area contributed by atoms with Gasteiger partial charge < -0.3 is 10.1 Å². The van der Waals surface area contributed by atoms with Gasteiger partial charge in [-0.15, -0.1) is 0 Å². The van der Waals surface area contributed by atoms with Gasteiger partial charge in [-0.1, -0.05) is 30.3 Å². The lowest BCUT2D eigenvalue weighted by Gasteiger charge is -2.07. The fourth-order valence-corrected chi connectivity index (χ4v) is 2.01. The van der Waals surface area contributed by atoms with Gasteiger partial charge in [0.25, 0.3) is 5.91 Å². The van der Waals surface area contributed by atoms with Crippen molar-refractivity contribution < 1.29 is 14.3 Å². The number of nitrogens with one attached hydrogen (secondary N) is 1. The highest BCUT2D eigenvalue weighted by molar-refractivity contribution is 5.77. The van der Waals surface area contributed by atoms with Crippen molar-refractivity contribution in [3.05, 3.63) is 65.7 Å². The molecule has 2 aromatic rings. The maximum Gasteiger partial charge on any atom is 0.257 e. The normalized spacial score (nSPS) is 10.0. The Kier molecular flexibility index (Phi) is 6.18. The Hall–Kier alpha value is -2.62. The minimum Gasteiger partial charge on any atom is -0.484 e. The summed E-state index contributed by atoms with van der Waals surface area (Å²) < 4.78 is 5.35. The van der Waals surface area contributed by atoms with Crippen molar-refractivity contribution in [1.82, 2.24) is 5.32 Å². The number of benzene rings is 2. The van der Waals surface area contributed by atoms with E-state index >= 15 is 0 Å². The Labute approximate surface area is 130 Å². The molecule has 2 rings (SSSR count). The highest BCUT2D eigenvalue weighted by atomic mass is 16.5. The number of hydrogen-bond donors (Lipinski definition) is 1. The average molecular weight is 297 g/mol. The predicted molar refractivity (Wildman–Crippen MR) is 85.1 cm³/mol. The summed E-state index contributed by atoms with van der Waals surface area (Å²) >= 11 is 0. The van der Waals surface area contributed by atoms with Crippen LogP contribution < -0.4 is 10.1 Å². The largest absolute Gasteiger partial charge is 0.484 e. The first-order valence-electron chi connectivity index (χ1n) is 7.26. The van der Waals surface area contributed by atoms with Crippen LogP contribution in [0.3, 0.4) is 0 Å². The maximum absolute atomic E-state index is 11.7. The van der Waals surface area contributed by atoms with E-state index in [-0.39, 0.29) is 12.5 Å². The van der Waals surface area contributed by atoms with Gasteiger partial charge in [-0.05, 0) is 42.7 Å². The van der Waals surface area contributed by atoms with E-state index in [9.17, 15) is 9.59 Å². The molecule has 114 valence electrons. The third kappa shape index (κ3) is 5.40. The molecule has 1 amide bonds. The van der Waals surface area contributed by atoms with Crippen molar-refractivity contribution in [1.29, 1.82) is 0 Å². The molecule has 0 heterocycles. The maximum atomic E-state index is 11.7. The lowest BCUT2D eigenvalue weighted by Crippen LogP contribution is -2.29. The zero-order valence-electron chi connectivity index (χ0n) is 12.3. The summed E-state index contributed by atoms with van der Waals surface area (Å²) in [6, 6.07) is 16.8. The standard InChI is InChI=1S/C18H19NO3/c20-13-16-8-10-17(11-9-16)22-14-18(21)19-12-4-7-15-5-2-1-3-6-15/h1-3,5-6,8-11,13H,4,7,12,14H2,(H,19,21). The van der Waals surface area contributed by atoms with Gasteiger partial charge in [-0.2, -0.15) is 0 Å². The zero-order chi connectivity index (χ0) is 15.6. The topological polar surface area (TPSA) is 55.4 Å². The Balaban J connectivity index is 1.62. The number of rotatable bonds is 8. The molecule has 0 radical (unpaired) electrons. The van der Waals surface area contributed by atoms with Gasteiger partial charge in [-0.3, -0.25) is 9.59 Å². The van der Waals surface area contributed by atoms with E-state index in [0.29, 0.717) is 17.9 Å². The molecule has 1 N–H and O–H groups in total. The SMILES string of the molecule is O=Cc1ccc(OCC(=O)NCCCc2ccccc2)cc1. The molecule has 0 fully saturated rings. The van der Waals surface area contributed by atoms with Crippen molar-refractivity contribution in [3.8, 4) is 5.75 Å². The molecule has 0 unspecified atom stereocenters. The van der Waals surface area contributed by atoms with Crippen LogP contribution in [0, 0.1) is 0 Å². The third-order valence-corrected chi connectivity index (χ3v) is 3.19. The van der Waals surface area contributed by atoms with Gasteiger partial charge in [-0.25, -0.2) is 0 Å². The Bertz CT molecular complexity index is 593. The lowest BCUT2D eigenvalue weighted by atomic mass is 10.1. The second-order valence-corrected chi connectivity index (χ2v) is 4.91. The molecule has 0 bridgehead atoms. The smallest absolute Gasteiger partial charge is 0.257 e.